The maximum absolute atomic E-state index is 11.9. The average molecular weight is 213 g/mol. The molecular formula is C11H19NO3. The van der Waals surface area contributed by atoms with Crippen molar-refractivity contribution in [3.8, 4) is 0 Å². The highest BCUT2D eigenvalue weighted by atomic mass is 16.4. The predicted octanol–water partition coefficient (Wildman–Crippen LogP) is 1.35. The summed E-state index contributed by atoms with van der Waals surface area (Å²) >= 11 is 0. The van der Waals surface area contributed by atoms with Gasteiger partial charge in [0.25, 0.3) is 0 Å². The summed E-state index contributed by atoms with van der Waals surface area (Å²) in [7, 11) is 1.59. The fourth-order valence-electron chi connectivity index (χ4n) is 1.89. The van der Waals surface area contributed by atoms with Crippen LogP contribution in [0.15, 0.2) is 0 Å². The van der Waals surface area contributed by atoms with E-state index in [0.717, 1.165) is 12.8 Å². The van der Waals surface area contributed by atoms with Crippen LogP contribution >= 0.6 is 0 Å². The van der Waals surface area contributed by atoms with E-state index in [1.807, 2.05) is 6.92 Å². The molecule has 1 aliphatic rings. The first-order valence-corrected chi connectivity index (χ1v) is 5.48. The van der Waals surface area contributed by atoms with Crippen molar-refractivity contribution in [1.29, 1.82) is 0 Å². The Bertz CT molecular complexity index is 261. The Labute approximate surface area is 90.3 Å². The van der Waals surface area contributed by atoms with Crippen LogP contribution in [0.1, 0.15) is 33.1 Å². The lowest BCUT2D eigenvalue weighted by molar-refractivity contribution is -0.150. The quantitative estimate of drug-likeness (QED) is 0.750. The molecule has 0 saturated heterocycles. The Morgan fingerprint density at radius 3 is 2.33 bits per heavy atom. The normalized spacial score (nSPS) is 19.4. The lowest BCUT2D eigenvalue weighted by Gasteiger charge is -2.26. The Morgan fingerprint density at radius 2 is 2.00 bits per heavy atom. The number of likely N-dealkylation sites (N-methyl/N-ethyl adjacent to an activating group) is 1. The van der Waals surface area contributed by atoms with Gasteiger partial charge in [0.05, 0.1) is 0 Å². The van der Waals surface area contributed by atoms with Crippen LogP contribution in [-0.2, 0) is 9.59 Å². The summed E-state index contributed by atoms with van der Waals surface area (Å²) in [4.78, 5) is 24.2. The summed E-state index contributed by atoms with van der Waals surface area (Å²) in [5.41, 5.74) is 0. The standard InChI is InChI=1S/C11H19NO3/c1-4-9(11(14)15)12(3)10(13)7(2)8-5-6-8/h7-9H,4-6H2,1-3H3,(H,14,15). The molecule has 1 aliphatic carbocycles. The fourth-order valence-corrected chi connectivity index (χ4v) is 1.89. The lowest BCUT2D eigenvalue weighted by atomic mass is 10.0. The molecular weight excluding hydrogens is 194 g/mol. The number of rotatable bonds is 5. The van der Waals surface area contributed by atoms with Crippen LogP contribution in [-0.4, -0.2) is 35.0 Å². The second-order valence-corrected chi connectivity index (χ2v) is 4.34. The molecule has 86 valence electrons. The molecule has 15 heavy (non-hydrogen) atoms. The number of aliphatic carboxylic acids is 1. The van der Waals surface area contributed by atoms with Crippen molar-refractivity contribution in [2.45, 2.75) is 39.2 Å². The van der Waals surface area contributed by atoms with E-state index in [2.05, 4.69) is 0 Å². The van der Waals surface area contributed by atoms with Crippen LogP contribution in [0.2, 0.25) is 0 Å². The zero-order chi connectivity index (χ0) is 11.6. The summed E-state index contributed by atoms with van der Waals surface area (Å²) in [6, 6.07) is -0.682. The summed E-state index contributed by atoms with van der Waals surface area (Å²) in [5, 5.41) is 8.93. The van der Waals surface area contributed by atoms with Gasteiger partial charge in [0.1, 0.15) is 6.04 Å². The number of nitrogens with zero attached hydrogens (tertiary/aromatic N) is 1. The summed E-state index contributed by atoms with van der Waals surface area (Å²) in [6.45, 7) is 3.68. The van der Waals surface area contributed by atoms with E-state index >= 15 is 0 Å². The van der Waals surface area contributed by atoms with Gasteiger partial charge in [-0.25, -0.2) is 4.79 Å². The van der Waals surface area contributed by atoms with Crippen molar-refractivity contribution < 1.29 is 14.7 Å². The van der Waals surface area contributed by atoms with E-state index in [4.69, 9.17) is 5.11 Å². The molecule has 2 atom stereocenters. The van der Waals surface area contributed by atoms with Gasteiger partial charge in [0.2, 0.25) is 5.91 Å². The van der Waals surface area contributed by atoms with E-state index in [-0.39, 0.29) is 11.8 Å². The van der Waals surface area contributed by atoms with Gasteiger partial charge in [-0.1, -0.05) is 13.8 Å². The second kappa shape index (κ2) is 4.64. The first kappa shape index (κ1) is 12.0. The smallest absolute Gasteiger partial charge is 0.326 e. The highest BCUT2D eigenvalue weighted by Gasteiger charge is 2.36. The van der Waals surface area contributed by atoms with Crippen molar-refractivity contribution in [1.82, 2.24) is 4.90 Å². The number of hydrogen-bond acceptors (Lipinski definition) is 2. The minimum atomic E-state index is -0.920. The lowest BCUT2D eigenvalue weighted by Crippen LogP contribution is -2.44. The Kier molecular flexibility index (Phi) is 3.72. The first-order chi connectivity index (χ1) is 6.99. The van der Waals surface area contributed by atoms with Gasteiger partial charge in [0, 0.05) is 13.0 Å². The largest absolute Gasteiger partial charge is 0.480 e. The third-order valence-electron chi connectivity index (χ3n) is 3.21. The van der Waals surface area contributed by atoms with Crippen LogP contribution < -0.4 is 0 Å². The van der Waals surface area contributed by atoms with Crippen LogP contribution in [0.4, 0.5) is 0 Å². The molecule has 0 aromatic heterocycles. The topological polar surface area (TPSA) is 57.6 Å². The van der Waals surface area contributed by atoms with Crippen molar-refractivity contribution in [3.63, 3.8) is 0 Å². The molecule has 1 N–H and O–H groups in total. The molecule has 0 radical (unpaired) electrons. The highest BCUT2D eigenvalue weighted by Crippen LogP contribution is 2.37. The van der Waals surface area contributed by atoms with E-state index in [9.17, 15) is 9.59 Å². The molecule has 4 heteroatoms. The van der Waals surface area contributed by atoms with E-state index in [1.165, 1.54) is 4.90 Å². The number of carboxylic acid groups (broad SMARTS) is 1. The number of carboxylic acids is 1. The Morgan fingerprint density at radius 1 is 1.47 bits per heavy atom. The van der Waals surface area contributed by atoms with Gasteiger partial charge in [-0.05, 0) is 25.2 Å². The first-order valence-electron chi connectivity index (χ1n) is 5.48. The predicted molar refractivity (Wildman–Crippen MR) is 56.4 cm³/mol. The van der Waals surface area contributed by atoms with Gasteiger partial charge in [-0.15, -0.1) is 0 Å². The zero-order valence-electron chi connectivity index (χ0n) is 9.56. The molecule has 1 saturated carbocycles. The second-order valence-electron chi connectivity index (χ2n) is 4.34. The van der Waals surface area contributed by atoms with Crippen molar-refractivity contribution in [2.75, 3.05) is 7.05 Å². The average Bonchev–Trinajstić information content (AvgIpc) is 2.99. The van der Waals surface area contributed by atoms with Gasteiger partial charge < -0.3 is 10.0 Å². The van der Waals surface area contributed by atoms with E-state index in [1.54, 1.807) is 14.0 Å². The SMILES string of the molecule is CCC(C(=O)O)N(C)C(=O)C(C)C1CC1. The van der Waals surface area contributed by atoms with Crippen LogP contribution in [0.5, 0.6) is 0 Å². The Balaban J connectivity index is 2.60. The minimum Gasteiger partial charge on any atom is -0.480 e. The fraction of sp³-hybridized carbons (Fsp3) is 0.818. The molecule has 0 heterocycles. The van der Waals surface area contributed by atoms with Crippen molar-refractivity contribution in [2.24, 2.45) is 11.8 Å². The maximum Gasteiger partial charge on any atom is 0.326 e. The molecule has 1 amide bonds. The molecule has 0 aliphatic heterocycles. The monoisotopic (exact) mass is 213 g/mol. The molecule has 0 bridgehead atoms. The van der Waals surface area contributed by atoms with Gasteiger partial charge in [-0.2, -0.15) is 0 Å². The van der Waals surface area contributed by atoms with E-state index < -0.39 is 12.0 Å². The number of amides is 1. The molecule has 2 unspecified atom stereocenters. The van der Waals surface area contributed by atoms with Crippen LogP contribution in [0.3, 0.4) is 0 Å². The molecule has 1 rings (SSSR count). The van der Waals surface area contributed by atoms with Crippen molar-refractivity contribution >= 4 is 11.9 Å². The number of hydrogen-bond donors (Lipinski definition) is 1. The third-order valence-corrected chi connectivity index (χ3v) is 3.21. The molecule has 0 aromatic rings. The zero-order valence-corrected chi connectivity index (χ0v) is 9.56. The number of carbonyl (C=O) groups excluding carboxylic acids is 1. The summed E-state index contributed by atoms with van der Waals surface area (Å²) < 4.78 is 0. The molecule has 4 nitrogen and oxygen atoms in total. The molecule has 0 spiro atoms. The van der Waals surface area contributed by atoms with Gasteiger partial charge >= 0.3 is 5.97 Å². The summed E-state index contributed by atoms with van der Waals surface area (Å²) in [6.07, 6.45) is 2.66. The summed E-state index contributed by atoms with van der Waals surface area (Å²) in [5.74, 6) is -0.502. The Hall–Kier alpha value is -1.06. The van der Waals surface area contributed by atoms with E-state index in [0.29, 0.717) is 12.3 Å². The third kappa shape index (κ3) is 2.70. The van der Waals surface area contributed by atoms with Crippen LogP contribution in [0.25, 0.3) is 0 Å². The van der Waals surface area contributed by atoms with Crippen LogP contribution in [0, 0.1) is 11.8 Å². The minimum absolute atomic E-state index is 0.0246. The molecule has 1 fully saturated rings. The highest BCUT2D eigenvalue weighted by molar-refractivity contribution is 5.85. The van der Waals surface area contributed by atoms with Gasteiger partial charge in [-0.3, -0.25) is 4.79 Å². The number of carbonyl (C=O) groups is 2. The maximum atomic E-state index is 11.9. The van der Waals surface area contributed by atoms with Gasteiger partial charge in [0.15, 0.2) is 0 Å². The van der Waals surface area contributed by atoms with Crippen molar-refractivity contribution in [3.05, 3.63) is 0 Å². The molecule has 0 aromatic carbocycles.